The minimum Gasteiger partial charge on any atom is -0.496 e. The molecule has 0 aliphatic carbocycles. The standard InChI is InChI=1S/C30H35N3O3/c1-21-9-11-23(12-10-21)25-13-14-29(36-3)26(17-25)18-32-28-15-16-33(30(35)19-31-22(2)34)20-27(28)24-7-5-4-6-8-24/h4-14,17,27-28,32H,15-16,18-20H2,1-3H3,(H,31,34). The molecule has 2 amide bonds. The molecule has 1 aliphatic heterocycles. The van der Waals surface area contributed by atoms with Gasteiger partial charge in [-0.15, -0.1) is 0 Å². The number of hydrogen-bond acceptors (Lipinski definition) is 4. The van der Waals surface area contributed by atoms with Crippen molar-refractivity contribution in [3.8, 4) is 16.9 Å². The van der Waals surface area contributed by atoms with E-state index in [4.69, 9.17) is 4.74 Å². The third-order valence-corrected chi connectivity index (χ3v) is 6.90. The number of nitrogens with zero attached hydrogens (tertiary/aromatic N) is 1. The summed E-state index contributed by atoms with van der Waals surface area (Å²) in [5, 5.41) is 6.40. The second-order valence-electron chi connectivity index (χ2n) is 9.44. The van der Waals surface area contributed by atoms with E-state index in [-0.39, 0.29) is 30.3 Å². The first-order valence-corrected chi connectivity index (χ1v) is 12.5. The molecule has 0 aromatic heterocycles. The van der Waals surface area contributed by atoms with Gasteiger partial charge in [0.15, 0.2) is 0 Å². The maximum absolute atomic E-state index is 12.7. The average molecular weight is 486 g/mol. The predicted octanol–water partition coefficient (Wildman–Crippen LogP) is 4.28. The van der Waals surface area contributed by atoms with Crippen LogP contribution in [-0.2, 0) is 16.1 Å². The molecular weight excluding hydrogens is 450 g/mol. The summed E-state index contributed by atoms with van der Waals surface area (Å²) in [7, 11) is 1.70. The fourth-order valence-corrected chi connectivity index (χ4v) is 4.86. The van der Waals surface area contributed by atoms with Gasteiger partial charge in [0, 0.05) is 44.1 Å². The summed E-state index contributed by atoms with van der Waals surface area (Å²) in [6, 6.07) is 25.4. The second-order valence-corrected chi connectivity index (χ2v) is 9.44. The Morgan fingerprint density at radius 1 is 1.00 bits per heavy atom. The summed E-state index contributed by atoms with van der Waals surface area (Å²) < 4.78 is 5.67. The van der Waals surface area contributed by atoms with Crippen LogP contribution in [0, 0.1) is 6.92 Å². The third kappa shape index (κ3) is 6.32. The molecule has 0 radical (unpaired) electrons. The SMILES string of the molecule is COc1ccc(-c2ccc(C)cc2)cc1CNC1CCN(C(=O)CNC(C)=O)CC1c1ccccc1. The van der Waals surface area contributed by atoms with Gasteiger partial charge in [-0.25, -0.2) is 0 Å². The number of piperidine rings is 1. The molecule has 1 fully saturated rings. The van der Waals surface area contributed by atoms with Crippen LogP contribution >= 0.6 is 0 Å². The molecule has 0 bridgehead atoms. The molecule has 3 aromatic rings. The van der Waals surface area contributed by atoms with Gasteiger partial charge in [0.2, 0.25) is 11.8 Å². The number of likely N-dealkylation sites (tertiary alicyclic amines) is 1. The Labute approximate surface area is 213 Å². The van der Waals surface area contributed by atoms with Crippen LogP contribution in [0.3, 0.4) is 0 Å². The first-order valence-electron chi connectivity index (χ1n) is 12.5. The second kappa shape index (κ2) is 11.9. The van der Waals surface area contributed by atoms with Crippen molar-refractivity contribution in [1.82, 2.24) is 15.5 Å². The number of rotatable bonds is 8. The van der Waals surface area contributed by atoms with Gasteiger partial charge in [0.05, 0.1) is 13.7 Å². The Morgan fingerprint density at radius 2 is 1.72 bits per heavy atom. The van der Waals surface area contributed by atoms with Crippen molar-refractivity contribution in [2.45, 2.75) is 38.8 Å². The van der Waals surface area contributed by atoms with Gasteiger partial charge in [-0.2, -0.15) is 0 Å². The largest absolute Gasteiger partial charge is 0.496 e. The summed E-state index contributed by atoms with van der Waals surface area (Å²) >= 11 is 0. The van der Waals surface area contributed by atoms with E-state index in [1.54, 1.807) is 7.11 Å². The molecule has 2 atom stereocenters. The summed E-state index contributed by atoms with van der Waals surface area (Å²) in [4.78, 5) is 25.9. The van der Waals surface area contributed by atoms with E-state index in [2.05, 4.69) is 66.1 Å². The molecule has 1 aliphatic rings. The van der Waals surface area contributed by atoms with Gasteiger partial charge in [0.1, 0.15) is 5.75 Å². The maximum atomic E-state index is 12.7. The van der Waals surface area contributed by atoms with Crippen LogP contribution in [0.25, 0.3) is 11.1 Å². The Kier molecular flexibility index (Phi) is 8.39. The number of benzene rings is 3. The number of carbonyl (C=O) groups excluding carboxylic acids is 2. The smallest absolute Gasteiger partial charge is 0.241 e. The number of amides is 2. The predicted molar refractivity (Wildman–Crippen MR) is 143 cm³/mol. The van der Waals surface area contributed by atoms with Crippen LogP contribution in [-0.4, -0.2) is 49.5 Å². The lowest BCUT2D eigenvalue weighted by Crippen LogP contribution is -2.51. The fourth-order valence-electron chi connectivity index (χ4n) is 4.86. The molecule has 2 unspecified atom stereocenters. The number of carbonyl (C=O) groups is 2. The van der Waals surface area contributed by atoms with Crippen molar-refractivity contribution in [3.63, 3.8) is 0 Å². The molecule has 6 heteroatoms. The maximum Gasteiger partial charge on any atom is 0.241 e. The summed E-state index contributed by atoms with van der Waals surface area (Å²) in [5.41, 5.74) is 5.88. The van der Waals surface area contributed by atoms with E-state index >= 15 is 0 Å². The molecule has 4 rings (SSSR count). The molecule has 0 spiro atoms. The highest BCUT2D eigenvalue weighted by molar-refractivity contribution is 5.83. The monoisotopic (exact) mass is 485 g/mol. The van der Waals surface area contributed by atoms with Crippen molar-refractivity contribution in [3.05, 3.63) is 89.5 Å². The quantitative estimate of drug-likeness (QED) is 0.500. The Bertz CT molecular complexity index is 1180. The molecule has 188 valence electrons. The van der Waals surface area contributed by atoms with Crippen LogP contribution in [0.1, 0.15) is 36.0 Å². The van der Waals surface area contributed by atoms with Crippen molar-refractivity contribution in [1.29, 1.82) is 0 Å². The van der Waals surface area contributed by atoms with E-state index < -0.39 is 0 Å². The van der Waals surface area contributed by atoms with E-state index in [1.165, 1.54) is 23.6 Å². The number of aryl methyl sites for hydroxylation is 1. The van der Waals surface area contributed by atoms with Crippen LogP contribution < -0.4 is 15.4 Å². The molecular formula is C30H35N3O3. The lowest BCUT2D eigenvalue weighted by atomic mass is 9.85. The highest BCUT2D eigenvalue weighted by atomic mass is 16.5. The van der Waals surface area contributed by atoms with Crippen LogP contribution in [0.15, 0.2) is 72.8 Å². The van der Waals surface area contributed by atoms with Gasteiger partial charge in [0.25, 0.3) is 0 Å². The highest BCUT2D eigenvalue weighted by Crippen LogP contribution is 2.30. The molecule has 36 heavy (non-hydrogen) atoms. The van der Waals surface area contributed by atoms with Gasteiger partial charge < -0.3 is 20.3 Å². The minimum absolute atomic E-state index is 0.0396. The topological polar surface area (TPSA) is 70.7 Å². The van der Waals surface area contributed by atoms with Gasteiger partial charge in [-0.3, -0.25) is 9.59 Å². The van der Waals surface area contributed by atoms with Crippen molar-refractivity contribution in [2.75, 3.05) is 26.7 Å². The average Bonchev–Trinajstić information content (AvgIpc) is 2.91. The van der Waals surface area contributed by atoms with Crippen molar-refractivity contribution >= 4 is 11.8 Å². The Morgan fingerprint density at radius 3 is 2.42 bits per heavy atom. The number of ether oxygens (including phenoxy) is 1. The van der Waals surface area contributed by atoms with E-state index in [9.17, 15) is 9.59 Å². The number of methoxy groups -OCH3 is 1. The Balaban J connectivity index is 1.51. The zero-order valence-electron chi connectivity index (χ0n) is 21.3. The molecule has 6 nitrogen and oxygen atoms in total. The lowest BCUT2D eigenvalue weighted by Gasteiger charge is -2.39. The number of nitrogens with one attached hydrogen (secondary N) is 2. The number of hydrogen-bond donors (Lipinski definition) is 2. The zero-order valence-corrected chi connectivity index (χ0v) is 21.3. The van der Waals surface area contributed by atoms with E-state index in [1.807, 2.05) is 29.2 Å². The van der Waals surface area contributed by atoms with Crippen LogP contribution in [0.2, 0.25) is 0 Å². The lowest BCUT2D eigenvalue weighted by molar-refractivity contribution is -0.133. The summed E-state index contributed by atoms with van der Waals surface area (Å²) in [6.07, 6.45) is 0.825. The van der Waals surface area contributed by atoms with Crippen LogP contribution in [0.4, 0.5) is 0 Å². The van der Waals surface area contributed by atoms with Crippen molar-refractivity contribution < 1.29 is 14.3 Å². The molecule has 2 N–H and O–H groups in total. The van der Waals surface area contributed by atoms with Gasteiger partial charge in [-0.1, -0.05) is 66.2 Å². The van der Waals surface area contributed by atoms with E-state index in [0.717, 1.165) is 23.3 Å². The first-order chi connectivity index (χ1) is 17.4. The normalized spacial score (nSPS) is 17.5. The zero-order chi connectivity index (χ0) is 25.5. The van der Waals surface area contributed by atoms with Gasteiger partial charge >= 0.3 is 0 Å². The summed E-state index contributed by atoms with van der Waals surface area (Å²) in [5.74, 6) is 0.767. The van der Waals surface area contributed by atoms with E-state index in [0.29, 0.717) is 19.6 Å². The summed E-state index contributed by atoms with van der Waals surface area (Å²) in [6.45, 7) is 5.49. The van der Waals surface area contributed by atoms with Crippen LogP contribution in [0.5, 0.6) is 5.75 Å². The fraction of sp³-hybridized carbons (Fsp3) is 0.333. The van der Waals surface area contributed by atoms with Gasteiger partial charge in [-0.05, 0) is 42.2 Å². The molecule has 3 aromatic carbocycles. The van der Waals surface area contributed by atoms with Crippen molar-refractivity contribution in [2.24, 2.45) is 0 Å². The Hall–Kier alpha value is -3.64. The molecule has 1 saturated heterocycles. The molecule has 0 saturated carbocycles. The molecule has 1 heterocycles. The highest BCUT2D eigenvalue weighted by Gasteiger charge is 2.32. The minimum atomic E-state index is -0.193. The third-order valence-electron chi connectivity index (χ3n) is 6.90. The first kappa shape index (κ1) is 25.5.